The highest BCUT2D eigenvalue weighted by molar-refractivity contribution is 7.89. The maximum atomic E-state index is 12.7. The lowest BCUT2D eigenvalue weighted by Crippen LogP contribution is -2.28. The van der Waals surface area contributed by atoms with Crippen molar-refractivity contribution in [3.63, 3.8) is 0 Å². The van der Waals surface area contributed by atoms with Crippen LogP contribution in [0.5, 0.6) is 11.5 Å². The normalized spacial score (nSPS) is 14.6. The van der Waals surface area contributed by atoms with Crippen LogP contribution in [0.25, 0.3) is 0 Å². The van der Waals surface area contributed by atoms with Crippen molar-refractivity contribution in [2.75, 3.05) is 32.1 Å². The van der Waals surface area contributed by atoms with Crippen LogP contribution < -0.4 is 14.8 Å². The Kier molecular flexibility index (Phi) is 7.47. The second-order valence-electron chi connectivity index (χ2n) is 9.00. The molecule has 3 rings (SSSR count). The van der Waals surface area contributed by atoms with Crippen LogP contribution in [0.1, 0.15) is 39.2 Å². The fraction of sp³-hybridized carbons (Fsp3) is 0.435. The number of carbonyl (C=O) groups excluding carboxylic acids is 1. The molecule has 2 aromatic rings. The van der Waals surface area contributed by atoms with Crippen molar-refractivity contribution in [1.82, 2.24) is 4.31 Å². The van der Waals surface area contributed by atoms with Gasteiger partial charge in [0.05, 0.1) is 22.6 Å². The first-order valence-electron chi connectivity index (χ1n) is 10.8. The van der Waals surface area contributed by atoms with Crippen LogP contribution in [-0.4, -0.2) is 50.4 Å². The van der Waals surface area contributed by atoms with E-state index in [0.717, 1.165) is 24.5 Å². The van der Waals surface area contributed by atoms with Gasteiger partial charge in [0.25, 0.3) is 5.91 Å². The van der Waals surface area contributed by atoms with Gasteiger partial charge in [0.15, 0.2) is 12.4 Å². The summed E-state index contributed by atoms with van der Waals surface area (Å²) in [7, 11) is -2.34. The van der Waals surface area contributed by atoms with Crippen molar-refractivity contribution in [2.24, 2.45) is 0 Å². The summed E-state index contributed by atoms with van der Waals surface area (Å²) in [5.74, 6) is -0.285. The molecule has 1 amide bonds. The van der Waals surface area contributed by atoms with E-state index in [1.54, 1.807) is 12.1 Å². The first-order chi connectivity index (χ1) is 15.9. The highest BCUT2D eigenvalue weighted by atomic mass is 32.2. The number of ether oxygens (including phenoxy) is 2. The number of hydrogen-bond donors (Lipinski definition) is 1. The molecule has 2 aromatic carbocycles. The van der Waals surface area contributed by atoms with Crippen molar-refractivity contribution in [3.8, 4) is 11.5 Å². The van der Waals surface area contributed by atoms with Crippen LogP contribution in [0, 0.1) is 10.1 Å². The Morgan fingerprint density at radius 1 is 1.12 bits per heavy atom. The molecule has 0 saturated carbocycles. The fourth-order valence-corrected chi connectivity index (χ4v) is 5.14. The molecule has 1 fully saturated rings. The maximum Gasteiger partial charge on any atom is 0.312 e. The maximum absolute atomic E-state index is 12.7. The summed E-state index contributed by atoms with van der Waals surface area (Å²) in [6.07, 6.45) is 1.50. The van der Waals surface area contributed by atoms with Crippen LogP contribution >= 0.6 is 0 Å². The highest BCUT2D eigenvalue weighted by Crippen LogP contribution is 2.33. The number of nitro groups is 1. The average Bonchev–Trinajstić information content (AvgIpc) is 3.32. The number of sulfonamides is 1. The number of amides is 1. The first-order valence-corrected chi connectivity index (χ1v) is 12.3. The predicted octanol–water partition coefficient (Wildman–Crippen LogP) is 3.70. The third-order valence-corrected chi connectivity index (χ3v) is 7.42. The lowest BCUT2D eigenvalue weighted by atomic mass is 9.87. The third-order valence-electron chi connectivity index (χ3n) is 5.53. The molecule has 0 aliphatic carbocycles. The Hall–Kier alpha value is -3.18. The van der Waals surface area contributed by atoms with Gasteiger partial charge in [-0.15, -0.1) is 0 Å². The average molecular weight is 492 g/mol. The Morgan fingerprint density at radius 3 is 2.35 bits per heavy atom. The molecule has 0 atom stereocenters. The summed E-state index contributed by atoms with van der Waals surface area (Å²) in [6, 6.07) is 8.89. The Bertz CT molecular complexity index is 1180. The van der Waals surface area contributed by atoms with Crippen LogP contribution in [0.4, 0.5) is 11.4 Å². The van der Waals surface area contributed by atoms with Gasteiger partial charge in [-0.3, -0.25) is 14.9 Å². The zero-order valence-electron chi connectivity index (χ0n) is 19.7. The van der Waals surface area contributed by atoms with Gasteiger partial charge in [-0.25, -0.2) is 8.42 Å². The summed E-state index contributed by atoms with van der Waals surface area (Å²) < 4.78 is 37.5. The van der Waals surface area contributed by atoms with E-state index in [4.69, 9.17) is 9.47 Å². The topological polar surface area (TPSA) is 128 Å². The largest absolute Gasteiger partial charge is 0.495 e. The summed E-state index contributed by atoms with van der Waals surface area (Å²) in [5.41, 5.74) is 0.750. The zero-order valence-corrected chi connectivity index (χ0v) is 20.5. The molecule has 184 valence electrons. The number of hydrogen-bond acceptors (Lipinski definition) is 7. The van der Waals surface area contributed by atoms with E-state index < -0.39 is 33.1 Å². The number of rotatable bonds is 8. The summed E-state index contributed by atoms with van der Waals surface area (Å²) in [4.78, 5) is 23.2. The quantitative estimate of drug-likeness (QED) is 0.440. The predicted molar refractivity (Wildman–Crippen MR) is 127 cm³/mol. The molecular formula is C23H29N3O7S. The molecule has 34 heavy (non-hydrogen) atoms. The van der Waals surface area contributed by atoms with Crippen molar-refractivity contribution < 1.29 is 27.6 Å². The second-order valence-corrected chi connectivity index (χ2v) is 10.9. The van der Waals surface area contributed by atoms with Crippen molar-refractivity contribution >= 4 is 27.3 Å². The van der Waals surface area contributed by atoms with E-state index in [0.29, 0.717) is 24.5 Å². The number of nitro benzene ring substituents is 1. The van der Waals surface area contributed by atoms with Gasteiger partial charge >= 0.3 is 5.69 Å². The third kappa shape index (κ3) is 5.65. The molecule has 1 saturated heterocycles. The molecule has 1 heterocycles. The Balaban J connectivity index is 1.76. The Morgan fingerprint density at radius 2 is 1.76 bits per heavy atom. The van der Waals surface area contributed by atoms with Gasteiger partial charge < -0.3 is 14.8 Å². The smallest absolute Gasteiger partial charge is 0.312 e. The molecule has 11 heteroatoms. The molecule has 0 radical (unpaired) electrons. The Labute approximate surface area is 199 Å². The van der Waals surface area contributed by atoms with Gasteiger partial charge in [-0.1, -0.05) is 26.8 Å². The molecule has 0 aromatic heterocycles. The molecular weight excluding hydrogens is 462 g/mol. The fourth-order valence-electron chi connectivity index (χ4n) is 3.60. The van der Waals surface area contributed by atoms with Gasteiger partial charge in [-0.2, -0.15) is 4.31 Å². The molecule has 1 N–H and O–H groups in total. The van der Waals surface area contributed by atoms with Gasteiger partial charge in [0.2, 0.25) is 10.0 Å². The second kappa shape index (κ2) is 9.98. The number of benzene rings is 2. The molecule has 10 nitrogen and oxygen atoms in total. The van der Waals surface area contributed by atoms with E-state index in [-0.39, 0.29) is 16.1 Å². The monoisotopic (exact) mass is 491 g/mol. The van der Waals surface area contributed by atoms with Gasteiger partial charge in [0.1, 0.15) is 5.75 Å². The SMILES string of the molecule is COc1ccc(C(C)(C)C)cc1NC(=O)COc1ccc(S(=O)(=O)N2CCCC2)cc1[N+](=O)[O-]. The van der Waals surface area contributed by atoms with E-state index in [1.807, 2.05) is 26.8 Å². The minimum Gasteiger partial charge on any atom is -0.495 e. The molecule has 0 bridgehead atoms. The van der Waals surface area contributed by atoms with Gasteiger partial charge in [0, 0.05) is 19.2 Å². The van der Waals surface area contributed by atoms with Crippen LogP contribution in [0.2, 0.25) is 0 Å². The zero-order chi connectivity index (χ0) is 25.1. The first kappa shape index (κ1) is 25.4. The van der Waals surface area contributed by atoms with Crippen molar-refractivity contribution in [1.29, 1.82) is 0 Å². The standard InChI is InChI=1S/C23H29N3O7S/c1-23(2,3)16-7-9-20(32-4)18(13-16)24-22(27)15-33-21-10-8-17(14-19(21)26(28)29)34(30,31)25-11-5-6-12-25/h7-10,13-14H,5-6,11-12,15H2,1-4H3,(H,24,27). The number of anilines is 1. The van der Waals surface area contributed by atoms with Gasteiger partial charge in [-0.05, 0) is 48.1 Å². The number of nitrogens with one attached hydrogen (secondary N) is 1. The van der Waals surface area contributed by atoms with Crippen molar-refractivity contribution in [2.45, 2.75) is 43.9 Å². The van der Waals surface area contributed by atoms with Crippen LogP contribution in [0.3, 0.4) is 0 Å². The molecule has 1 aliphatic heterocycles. The number of carbonyl (C=O) groups is 1. The minimum absolute atomic E-state index is 0.153. The summed E-state index contributed by atoms with van der Waals surface area (Å²) >= 11 is 0. The lowest BCUT2D eigenvalue weighted by Gasteiger charge is -2.21. The lowest BCUT2D eigenvalue weighted by molar-refractivity contribution is -0.386. The molecule has 0 unspecified atom stereocenters. The van der Waals surface area contributed by atoms with E-state index >= 15 is 0 Å². The van der Waals surface area contributed by atoms with Crippen LogP contribution in [-0.2, 0) is 20.2 Å². The van der Waals surface area contributed by atoms with E-state index in [1.165, 1.54) is 23.5 Å². The molecule has 1 aliphatic rings. The number of nitrogens with zero attached hydrogens (tertiary/aromatic N) is 2. The van der Waals surface area contributed by atoms with Crippen LogP contribution in [0.15, 0.2) is 41.3 Å². The highest BCUT2D eigenvalue weighted by Gasteiger charge is 2.30. The summed E-state index contributed by atoms with van der Waals surface area (Å²) in [5, 5.41) is 14.3. The number of methoxy groups -OCH3 is 1. The van der Waals surface area contributed by atoms with E-state index in [2.05, 4.69) is 5.32 Å². The molecule has 0 spiro atoms. The van der Waals surface area contributed by atoms with Crippen molar-refractivity contribution in [3.05, 3.63) is 52.1 Å². The van der Waals surface area contributed by atoms with E-state index in [9.17, 15) is 23.3 Å². The minimum atomic E-state index is -3.83. The summed E-state index contributed by atoms with van der Waals surface area (Å²) in [6.45, 7) is 6.37.